The van der Waals surface area contributed by atoms with Gasteiger partial charge in [0.05, 0.1) is 12.6 Å². The summed E-state index contributed by atoms with van der Waals surface area (Å²) in [7, 11) is 0. The fourth-order valence-electron chi connectivity index (χ4n) is 1.34. The lowest BCUT2D eigenvalue weighted by Crippen LogP contribution is -2.09. The molecule has 0 aliphatic rings. The summed E-state index contributed by atoms with van der Waals surface area (Å²) < 4.78 is 5.31. The Bertz CT molecular complexity index is 460. The molecule has 1 N–H and O–H groups in total. The average molecular weight is 250 g/mol. The highest BCUT2D eigenvalue weighted by Gasteiger charge is 2.09. The molecule has 6 heteroatoms. The summed E-state index contributed by atoms with van der Waals surface area (Å²) in [6.07, 6.45) is 3.46. The highest BCUT2D eigenvalue weighted by molar-refractivity contribution is 7.09. The number of ether oxygens (including phenoxy) is 1. The third-order valence-electron chi connectivity index (χ3n) is 2.09. The summed E-state index contributed by atoms with van der Waals surface area (Å²) in [6, 6.07) is 1.83. The summed E-state index contributed by atoms with van der Waals surface area (Å²) >= 11 is 1.60. The SMILES string of the molecule is CCOc1ccnc(NC(C)c2nccs2)n1. The fraction of sp³-hybridized carbons (Fsp3) is 0.364. The molecule has 0 saturated carbocycles. The van der Waals surface area contributed by atoms with Crippen molar-refractivity contribution in [3.63, 3.8) is 0 Å². The lowest BCUT2D eigenvalue weighted by molar-refractivity contribution is 0.326. The van der Waals surface area contributed by atoms with Gasteiger partial charge in [0.25, 0.3) is 0 Å². The maximum absolute atomic E-state index is 5.31. The number of nitrogens with zero attached hydrogens (tertiary/aromatic N) is 3. The minimum Gasteiger partial charge on any atom is -0.478 e. The summed E-state index contributed by atoms with van der Waals surface area (Å²) in [5.74, 6) is 1.13. The molecule has 17 heavy (non-hydrogen) atoms. The second-order valence-electron chi connectivity index (χ2n) is 3.39. The Morgan fingerprint density at radius 2 is 2.29 bits per heavy atom. The van der Waals surface area contributed by atoms with E-state index in [1.54, 1.807) is 29.8 Å². The average Bonchev–Trinajstić information content (AvgIpc) is 2.83. The van der Waals surface area contributed by atoms with Crippen LogP contribution in [-0.4, -0.2) is 21.6 Å². The molecule has 0 spiro atoms. The number of aromatic nitrogens is 3. The maximum Gasteiger partial charge on any atom is 0.226 e. The van der Waals surface area contributed by atoms with Crippen molar-refractivity contribution in [2.45, 2.75) is 19.9 Å². The molecule has 90 valence electrons. The number of hydrogen-bond donors (Lipinski definition) is 1. The molecule has 2 aromatic rings. The van der Waals surface area contributed by atoms with Crippen molar-refractivity contribution < 1.29 is 4.74 Å². The predicted octanol–water partition coefficient (Wildman–Crippen LogP) is 2.50. The highest BCUT2D eigenvalue weighted by Crippen LogP contribution is 2.19. The number of nitrogens with one attached hydrogen (secondary N) is 1. The van der Waals surface area contributed by atoms with E-state index >= 15 is 0 Å². The van der Waals surface area contributed by atoms with Gasteiger partial charge in [-0.25, -0.2) is 9.97 Å². The molecule has 2 heterocycles. The molecule has 0 amide bonds. The van der Waals surface area contributed by atoms with Gasteiger partial charge in [-0.2, -0.15) is 4.98 Å². The van der Waals surface area contributed by atoms with E-state index in [1.807, 2.05) is 19.2 Å². The zero-order valence-electron chi connectivity index (χ0n) is 9.75. The molecule has 0 bridgehead atoms. The van der Waals surface area contributed by atoms with Gasteiger partial charge in [0.15, 0.2) is 0 Å². The standard InChI is InChI=1S/C11H14N4OS/c1-3-16-9-4-5-13-11(15-9)14-8(2)10-12-6-7-17-10/h4-8H,3H2,1-2H3,(H,13,14,15). The van der Waals surface area contributed by atoms with Crippen molar-refractivity contribution in [1.82, 2.24) is 15.0 Å². The van der Waals surface area contributed by atoms with Crippen molar-refractivity contribution in [1.29, 1.82) is 0 Å². The van der Waals surface area contributed by atoms with E-state index in [0.29, 0.717) is 18.4 Å². The van der Waals surface area contributed by atoms with Crippen molar-refractivity contribution in [2.24, 2.45) is 0 Å². The minimum atomic E-state index is 0.0897. The number of thiazole rings is 1. The van der Waals surface area contributed by atoms with Gasteiger partial charge < -0.3 is 10.1 Å². The van der Waals surface area contributed by atoms with Crippen LogP contribution >= 0.6 is 11.3 Å². The van der Waals surface area contributed by atoms with Crippen LogP contribution in [-0.2, 0) is 0 Å². The van der Waals surface area contributed by atoms with Gasteiger partial charge in [-0.3, -0.25) is 0 Å². The van der Waals surface area contributed by atoms with E-state index < -0.39 is 0 Å². The zero-order chi connectivity index (χ0) is 12.1. The molecule has 2 rings (SSSR count). The van der Waals surface area contributed by atoms with Gasteiger partial charge >= 0.3 is 0 Å². The fourth-order valence-corrected chi connectivity index (χ4v) is 1.99. The van der Waals surface area contributed by atoms with Gasteiger partial charge in [0.1, 0.15) is 5.01 Å². The first-order valence-corrected chi connectivity index (χ1v) is 6.29. The van der Waals surface area contributed by atoms with Crippen LogP contribution < -0.4 is 10.1 Å². The zero-order valence-corrected chi connectivity index (χ0v) is 10.6. The van der Waals surface area contributed by atoms with Gasteiger partial charge in [-0.1, -0.05) is 0 Å². The molecule has 0 fully saturated rings. The molecule has 1 atom stereocenters. The molecular weight excluding hydrogens is 236 g/mol. The topological polar surface area (TPSA) is 59.9 Å². The second kappa shape index (κ2) is 5.58. The van der Waals surface area contributed by atoms with Crippen LogP contribution in [0.1, 0.15) is 24.9 Å². The Kier molecular flexibility index (Phi) is 3.87. The second-order valence-corrected chi connectivity index (χ2v) is 4.31. The van der Waals surface area contributed by atoms with E-state index in [1.165, 1.54) is 0 Å². The number of hydrogen-bond acceptors (Lipinski definition) is 6. The first-order valence-electron chi connectivity index (χ1n) is 5.41. The molecule has 0 aliphatic heterocycles. The Hall–Kier alpha value is -1.69. The summed E-state index contributed by atoms with van der Waals surface area (Å²) in [5, 5.41) is 6.15. The van der Waals surface area contributed by atoms with E-state index in [2.05, 4.69) is 20.3 Å². The van der Waals surface area contributed by atoms with Crippen molar-refractivity contribution in [2.75, 3.05) is 11.9 Å². The van der Waals surface area contributed by atoms with Crippen LogP contribution in [0.3, 0.4) is 0 Å². The summed E-state index contributed by atoms with van der Waals surface area (Å²) in [4.78, 5) is 12.6. The lowest BCUT2D eigenvalue weighted by Gasteiger charge is -2.11. The molecule has 2 aromatic heterocycles. The van der Waals surface area contributed by atoms with Crippen LogP contribution in [0, 0.1) is 0 Å². The van der Waals surface area contributed by atoms with Crippen LogP contribution in [0.2, 0.25) is 0 Å². The highest BCUT2D eigenvalue weighted by atomic mass is 32.1. The van der Waals surface area contributed by atoms with Crippen LogP contribution in [0.25, 0.3) is 0 Å². The largest absolute Gasteiger partial charge is 0.478 e. The molecular formula is C11H14N4OS. The van der Waals surface area contributed by atoms with E-state index in [0.717, 1.165) is 5.01 Å². The van der Waals surface area contributed by atoms with Gasteiger partial charge in [-0.15, -0.1) is 11.3 Å². The van der Waals surface area contributed by atoms with Crippen LogP contribution in [0.4, 0.5) is 5.95 Å². The monoisotopic (exact) mass is 250 g/mol. The maximum atomic E-state index is 5.31. The van der Waals surface area contributed by atoms with E-state index in [9.17, 15) is 0 Å². The molecule has 0 radical (unpaired) electrons. The normalized spacial score (nSPS) is 12.1. The lowest BCUT2D eigenvalue weighted by atomic mass is 10.4. The predicted molar refractivity (Wildman–Crippen MR) is 67.4 cm³/mol. The first-order chi connectivity index (χ1) is 8.29. The van der Waals surface area contributed by atoms with Crippen LogP contribution in [0.5, 0.6) is 5.88 Å². The Labute approximate surface area is 104 Å². The molecule has 0 aromatic carbocycles. The molecule has 0 aliphatic carbocycles. The third kappa shape index (κ3) is 3.13. The van der Waals surface area contributed by atoms with E-state index in [4.69, 9.17) is 4.74 Å². The quantitative estimate of drug-likeness (QED) is 0.883. The van der Waals surface area contributed by atoms with Crippen LogP contribution in [0.15, 0.2) is 23.8 Å². The smallest absolute Gasteiger partial charge is 0.226 e. The molecule has 1 unspecified atom stereocenters. The Morgan fingerprint density at radius 3 is 3.00 bits per heavy atom. The van der Waals surface area contributed by atoms with Crippen molar-refractivity contribution in [3.8, 4) is 5.88 Å². The van der Waals surface area contributed by atoms with Gasteiger partial charge in [0, 0.05) is 23.8 Å². The van der Waals surface area contributed by atoms with Gasteiger partial charge in [-0.05, 0) is 13.8 Å². The van der Waals surface area contributed by atoms with Crippen molar-refractivity contribution >= 4 is 17.3 Å². The third-order valence-corrected chi connectivity index (χ3v) is 3.05. The Balaban J connectivity index is 2.05. The van der Waals surface area contributed by atoms with E-state index in [-0.39, 0.29) is 6.04 Å². The Morgan fingerprint density at radius 1 is 1.41 bits per heavy atom. The van der Waals surface area contributed by atoms with Crippen molar-refractivity contribution in [3.05, 3.63) is 28.8 Å². The first kappa shape index (κ1) is 11.8. The summed E-state index contributed by atoms with van der Waals surface area (Å²) in [5.41, 5.74) is 0. The summed E-state index contributed by atoms with van der Waals surface area (Å²) in [6.45, 7) is 4.54. The number of rotatable bonds is 5. The molecule has 0 saturated heterocycles. The number of anilines is 1. The minimum absolute atomic E-state index is 0.0897. The van der Waals surface area contributed by atoms with Gasteiger partial charge in [0.2, 0.25) is 11.8 Å². The molecule has 5 nitrogen and oxygen atoms in total.